The third-order valence-electron chi connectivity index (χ3n) is 2.05. The van der Waals surface area contributed by atoms with Crippen LogP contribution in [0, 0.1) is 0 Å². The largest absolute Gasteiger partial charge is 0.508 e. The van der Waals surface area contributed by atoms with Crippen LogP contribution in [0.25, 0.3) is 0 Å². The maximum atomic E-state index is 11.9. The highest BCUT2D eigenvalue weighted by molar-refractivity contribution is 9.10. The fourth-order valence-electron chi connectivity index (χ4n) is 1.19. The van der Waals surface area contributed by atoms with Crippen LogP contribution in [0.3, 0.4) is 0 Å². The molecule has 0 heterocycles. The van der Waals surface area contributed by atoms with E-state index in [-0.39, 0.29) is 11.7 Å². The van der Waals surface area contributed by atoms with E-state index in [1.807, 2.05) is 0 Å². The predicted octanol–water partition coefficient (Wildman–Crippen LogP) is 2.53. The fraction of sp³-hybridized carbons (Fsp3) is 0.364. The second kappa shape index (κ2) is 4.23. The molecule has 0 radical (unpaired) electrons. The molecule has 82 valence electrons. The number of alkyl halides is 1. The van der Waals surface area contributed by atoms with E-state index < -0.39 is 4.32 Å². The first-order valence-corrected chi connectivity index (χ1v) is 5.38. The minimum absolute atomic E-state index is 0.0341. The highest BCUT2D eigenvalue weighted by Gasteiger charge is 2.27. The summed E-state index contributed by atoms with van der Waals surface area (Å²) < 4.78 is -0.584. The molecule has 15 heavy (non-hydrogen) atoms. The molecule has 1 aromatic rings. The smallest absolute Gasteiger partial charge is 0.243 e. The van der Waals surface area contributed by atoms with Gasteiger partial charge in [-0.3, -0.25) is 4.79 Å². The minimum Gasteiger partial charge on any atom is -0.508 e. The van der Waals surface area contributed by atoms with E-state index in [2.05, 4.69) is 15.9 Å². The molecule has 0 bridgehead atoms. The molecule has 1 amide bonds. The van der Waals surface area contributed by atoms with E-state index in [0.29, 0.717) is 0 Å². The van der Waals surface area contributed by atoms with Crippen molar-refractivity contribution >= 4 is 27.5 Å². The van der Waals surface area contributed by atoms with Crippen molar-refractivity contribution in [3.8, 4) is 5.75 Å². The van der Waals surface area contributed by atoms with Crippen LogP contribution < -0.4 is 4.90 Å². The van der Waals surface area contributed by atoms with Crippen LogP contribution in [0.2, 0.25) is 0 Å². The predicted molar refractivity (Wildman–Crippen MR) is 64.5 cm³/mol. The number of hydrogen-bond acceptors (Lipinski definition) is 2. The van der Waals surface area contributed by atoms with E-state index in [9.17, 15) is 4.79 Å². The van der Waals surface area contributed by atoms with Crippen LogP contribution in [0.4, 0.5) is 5.69 Å². The number of halogens is 1. The number of rotatable bonds is 2. The third-order valence-corrected chi connectivity index (χ3v) is 2.39. The molecule has 1 rings (SSSR count). The van der Waals surface area contributed by atoms with Gasteiger partial charge in [0.25, 0.3) is 0 Å². The Balaban J connectivity index is 2.90. The Kier molecular flexibility index (Phi) is 3.39. The van der Waals surface area contributed by atoms with E-state index in [1.165, 1.54) is 0 Å². The number of benzene rings is 1. The average Bonchev–Trinajstić information content (AvgIpc) is 2.15. The normalized spacial score (nSPS) is 11.2. The monoisotopic (exact) mass is 271 g/mol. The molecule has 0 spiro atoms. The lowest BCUT2D eigenvalue weighted by atomic mass is 10.1. The van der Waals surface area contributed by atoms with Crippen molar-refractivity contribution in [1.29, 1.82) is 0 Å². The summed E-state index contributed by atoms with van der Waals surface area (Å²) >= 11 is 3.32. The van der Waals surface area contributed by atoms with Crippen molar-refractivity contribution in [2.75, 3.05) is 11.9 Å². The van der Waals surface area contributed by atoms with Gasteiger partial charge in [-0.2, -0.15) is 0 Å². The molecule has 4 heteroatoms. The number of nitrogens with zero attached hydrogens (tertiary/aromatic N) is 1. The third kappa shape index (κ3) is 2.96. The number of phenols is 1. The van der Waals surface area contributed by atoms with Crippen molar-refractivity contribution in [2.24, 2.45) is 0 Å². The number of carbonyl (C=O) groups excluding carboxylic acids is 1. The van der Waals surface area contributed by atoms with E-state index in [0.717, 1.165) is 5.69 Å². The van der Waals surface area contributed by atoms with Crippen LogP contribution in [0.1, 0.15) is 13.8 Å². The van der Waals surface area contributed by atoms with Gasteiger partial charge in [0.1, 0.15) is 5.75 Å². The first kappa shape index (κ1) is 12.0. The molecular weight excluding hydrogens is 258 g/mol. The summed E-state index contributed by atoms with van der Waals surface area (Å²) in [6, 6.07) is 6.51. The van der Waals surface area contributed by atoms with E-state index in [4.69, 9.17) is 5.11 Å². The van der Waals surface area contributed by atoms with Gasteiger partial charge in [-0.05, 0) is 38.1 Å². The lowest BCUT2D eigenvalue weighted by Gasteiger charge is -2.24. The van der Waals surface area contributed by atoms with Crippen molar-refractivity contribution in [3.63, 3.8) is 0 Å². The average molecular weight is 272 g/mol. The van der Waals surface area contributed by atoms with Gasteiger partial charge >= 0.3 is 0 Å². The summed E-state index contributed by atoms with van der Waals surface area (Å²) in [4.78, 5) is 13.4. The van der Waals surface area contributed by atoms with Gasteiger partial charge in [0.15, 0.2) is 0 Å². The van der Waals surface area contributed by atoms with Crippen molar-refractivity contribution in [2.45, 2.75) is 18.2 Å². The zero-order chi connectivity index (χ0) is 11.6. The van der Waals surface area contributed by atoms with Crippen molar-refractivity contribution in [3.05, 3.63) is 24.3 Å². The lowest BCUT2D eigenvalue weighted by Crippen LogP contribution is -2.39. The summed E-state index contributed by atoms with van der Waals surface area (Å²) in [6.45, 7) is 3.60. The molecule has 1 aromatic carbocycles. The Hall–Kier alpha value is -1.03. The Morgan fingerprint density at radius 2 is 1.80 bits per heavy atom. The van der Waals surface area contributed by atoms with E-state index >= 15 is 0 Å². The molecule has 0 saturated heterocycles. The lowest BCUT2D eigenvalue weighted by molar-refractivity contribution is -0.119. The SMILES string of the molecule is CN(C(=O)C(C)(C)Br)c1ccc(O)cc1. The molecule has 0 unspecified atom stereocenters. The summed E-state index contributed by atoms with van der Waals surface area (Å²) in [6.07, 6.45) is 0. The highest BCUT2D eigenvalue weighted by Crippen LogP contribution is 2.24. The minimum atomic E-state index is -0.584. The number of amides is 1. The molecule has 0 atom stereocenters. The maximum Gasteiger partial charge on any atom is 0.243 e. The van der Waals surface area contributed by atoms with E-state index in [1.54, 1.807) is 50.1 Å². The molecule has 1 N–H and O–H groups in total. The van der Waals surface area contributed by atoms with Gasteiger partial charge in [0, 0.05) is 12.7 Å². The van der Waals surface area contributed by atoms with Crippen LogP contribution in [-0.4, -0.2) is 22.4 Å². The summed E-state index contributed by atoms with van der Waals surface area (Å²) in [7, 11) is 1.71. The number of hydrogen-bond donors (Lipinski definition) is 1. The topological polar surface area (TPSA) is 40.5 Å². The Bertz CT molecular complexity index is 354. The standard InChI is InChI=1S/C11H14BrNO2/c1-11(2,12)10(15)13(3)8-4-6-9(14)7-5-8/h4-7,14H,1-3H3. The number of aromatic hydroxyl groups is 1. The molecule has 0 fully saturated rings. The van der Waals surface area contributed by atoms with Gasteiger partial charge < -0.3 is 10.0 Å². The first-order valence-electron chi connectivity index (χ1n) is 4.58. The number of phenolic OH excluding ortho intramolecular Hbond substituents is 1. The van der Waals surface area contributed by atoms with Gasteiger partial charge in [0.05, 0.1) is 4.32 Å². The van der Waals surface area contributed by atoms with Crippen molar-refractivity contribution in [1.82, 2.24) is 0 Å². The number of carbonyl (C=O) groups is 1. The fourth-order valence-corrected chi connectivity index (χ4v) is 1.46. The molecule has 0 saturated carbocycles. The Morgan fingerprint density at radius 1 is 1.33 bits per heavy atom. The Labute approximate surface area is 97.8 Å². The number of anilines is 1. The summed E-state index contributed by atoms with van der Waals surface area (Å²) in [5.74, 6) is 0.158. The van der Waals surface area contributed by atoms with Crippen molar-refractivity contribution < 1.29 is 9.90 Å². The van der Waals surface area contributed by atoms with Gasteiger partial charge in [-0.1, -0.05) is 15.9 Å². The molecule has 0 aliphatic rings. The highest BCUT2D eigenvalue weighted by atomic mass is 79.9. The van der Waals surface area contributed by atoms with Gasteiger partial charge in [-0.15, -0.1) is 0 Å². The maximum absolute atomic E-state index is 11.9. The zero-order valence-corrected chi connectivity index (χ0v) is 10.6. The van der Waals surface area contributed by atoms with Crippen LogP contribution >= 0.6 is 15.9 Å². The molecular formula is C11H14BrNO2. The van der Waals surface area contributed by atoms with Crippen LogP contribution in [0.5, 0.6) is 5.75 Å². The van der Waals surface area contributed by atoms with Crippen LogP contribution in [-0.2, 0) is 4.79 Å². The second-order valence-electron chi connectivity index (χ2n) is 3.85. The molecule has 0 aliphatic carbocycles. The summed E-state index contributed by atoms with van der Waals surface area (Å²) in [5.41, 5.74) is 0.755. The van der Waals surface area contributed by atoms with Crippen LogP contribution in [0.15, 0.2) is 24.3 Å². The Morgan fingerprint density at radius 3 is 2.20 bits per heavy atom. The summed E-state index contributed by atoms with van der Waals surface area (Å²) in [5, 5.41) is 9.12. The molecule has 0 aliphatic heterocycles. The van der Waals surface area contributed by atoms with Gasteiger partial charge in [-0.25, -0.2) is 0 Å². The molecule has 3 nitrogen and oxygen atoms in total. The molecule has 0 aromatic heterocycles. The zero-order valence-electron chi connectivity index (χ0n) is 8.99. The quantitative estimate of drug-likeness (QED) is 0.840. The second-order valence-corrected chi connectivity index (χ2v) is 5.84. The van der Waals surface area contributed by atoms with Gasteiger partial charge in [0.2, 0.25) is 5.91 Å². The first-order chi connectivity index (χ1) is 6.82.